The molecule has 8 heteroatoms. The SMILES string of the molecule is Cc1ccc2sc(N3CCN(CCNC(=O)C4=COCCO4)CC3)nc2c1C. The van der Waals surface area contributed by atoms with Gasteiger partial charge in [0.25, 0.3) is 5.91 Å². The summed E-state index contributed by atoms with van der Waals surface area (Å²) in [6.45, 7) is 10.5. The van der Waals surface area contributed by atoms with E-state index < -0.39 is 0 Å². The summed E-state index contributed by atoms with van der Waals surface area (Å²) < 4.78 is 11.7. The molecule has 150 valence electrons. The van der Waals surface area contributed by atoms with Crippen LogP contribution in [0.15, 0.2) is 24.2 Å². The molecule has 3 heterocycles. The van der Waals surface area contributed by atoms with Gasteiger partial charge in [0.15, 0.2) is 5.13 Å². The zero-order valence-corrected chi connectivity index (χ0v) is 17.2. The Hall–Kier alpha value is -2.32. The van der Waals surface area contributed by atoms with Crippen molar-refractivity contribution in [3.63, 3.8) is 0 Å². The zero-order valence-electron chi connectivity index (χ0n) is 16.4. The van der Waals surface area contributed by atoms with Crippen LogP contribution in [0.3, 0.4) is 0 Å². The number of carbonyl (C=O) groups is 1. The lowest BCUT2D eigenvalue weighted by Gasteiger charge is -2.34. The summed E-state index contributed by atoms with van der Waals surface area (Å²) in [6.07, 6.45) is 1.39. The van der Waals surface area contributed by atoms with E-state index in [0.717, 1.165) is 43.4 Å². The van der Waals surface area contributed by atoms with E-state index in [0.29, 0.717) is 19.8 Å². The second kappa shape index (κ2) is 8.36. The number of amides is 1. The number of anilines is 1. The van der Waals surface area contributed by atoms with Crippen LogP contribution in [0.5, 0.6) is 0 Å². The number of nitrogens with one attached hydrogen (secondary N) is 1. The number of aryl methyl sites for hydroxylation is 2. The van der Waals surface area contributed by atoms with Crippen LogP contribution in [-0.2, 0) is 14.3 Å². The van der Waals surface area contributed by atoms with Crippen molar-refractivity contribution in [1.82, 2.24) is 15.2 Å². The number of rotatable bonds is 5. The van der Waals surface area contributed by atoms with Crippen molar-refractivity contribution >= 4 is 32.6 Å². The van der Waals surface area contributed by atoms with Gasteiger partial charge in [0.1, 0.15) is 19.5 Å². The first kappa shape index (κ1) is 19.0. The highest BCUT2D eigenvalue weighted by Gasteiger charge is 2.21. The van der Waals surface area contributed by atoms with Crippen LogP contribution in [-0.4, -0.2) is 68.3 Å². The smallest absolute Gasteiger partial charge is 0.289 e. The molecular weight excluding hydrogens is 376 g/mol. The second-order valence-electron chi connectivity index (χ2n) is 7.14. The van der Waals surface area contributed by atoms with E-state index in [1.807, 2.05) is 0 Å². The molecule has 1 N–H and O–H groups in total. The summed E-state index contributed by atoms with van der Waals surface area (Å²) in [5.41, 5.74) is 3.70. The lowest BCUT2D eigenvalue weighted by molar-refractivity contribution is -0.122. The number of hydrogen-bond acceptors (Lipinski definition) is 7. The van der Waals surface area contributed by atoms with Crippen LogP contribution in [0.4, 0.5) is 5.13 Å². The molecule has 0 spiro atoms. The van der Waals surface area contributed by atoms with Crippen LogP contribution in [0, 0.1) is 13.8 Å². The maximum atomic E-state index is 12.0. The quantitative estimate of drug-likeness (QED) is 0.826. The van der Waals surface area contributed by atoms with Gasteiger partial charge in [-0.3, -0.25) is 9.69 Å². The van der Waals surface area contributed by atoms with E-state index in [4.69, 9.17) is 14.5 Å². The number of piperazine rings is 1. The van der Waals surface area contributed by atoms with Crippen LogP contribution >= 0.6 is 11.3 Å². The Morgan fingerprint density at radius 3 is 2.79 bits per heavy atom. The zero-order chi connectivity index (χ0) is 19.5. The van der Waals surface area contributed by atoms with Gasteiger partial charge in [-0.25, -0.2) is 4.98 Å². The molecule has 7 nitrogen and oxygen atoms in total. The highest BCUT2D eigenvalue weighted by atomic mass is 32.1. The number of fused-ring (bicyclic) bond motifs is 1. The molecule has 0 saturated carbocycles. The predicted octanol–water partition coefficient (Wildman–Crippen LogP) is 2.04. The lowest BCUT2D eigenvalue weighted by atomic mass is 10.1. The number of thiazole rings is 1. The Kier molecular flexibility index (Phi) is 5.68. The van der Waals surface area contributed by atoms with E-state index in [-0.39, 0.29) is 11.7 Å². The van der Waals surface area contributed by atoms with Crippen molar-refractivity contribution in [1.29, 1.82) is 0 Å². The minimum Gasteiger partial charge on any atom is -0.494 e. The Balaban J connectivity index is 1.26. The number of carbonyl (C=O) groups excluding carboxylic acids is 1. The number of aromatic nitrogens is 1. The molecule has 1 fully saturated rings. The van der Waals surface area contributed by atoms with E-state index in [1.165, 1.54) is 22.1 Å². The first-order valence-electron chi connectivity index (χ1n) is 9.68. The fraction of sp³-hybridized carbons (Fsp3) is 0.500. The summed E-state index contributed by atoms with van der Waals surface area (Å²) >= 11 is 1.77. The topological polar surface area (TPSA) is 66.9 Å². The third-order valence-corrected chi connectivity index (χ3v) is 6.38. The second-order valence-corrected chi connectivity index (χ2v) is 8.15. The molecule has 4 rings (SSSR count). The van der Waals surface area contributed by atoms with Crippen LogP contribution in [0.25, 0.3) is 10.2 Å². The standard InChI is InChI=1S/C20H26N4O3S/c1-14-3-4-17-18(15(14)2)22-20(28-17)24-9-7-23(8-10-24)6-5-21-19(25)16-13-26-11-12-27-16/h3-4,13H,5-12H2,1-2H3,(H,21,25). The van der Waals surface area contributed by atoms with Crippen molar-refractivity contribution in [3.05, 3.63) is 35.3 Å². The summed E-state index contributed by atoms with van der Waals surface area (Å²) in [5.74, 6) is 0.0518. The van der Waals surface area contributed by atoms with Gasteiger partial charge in [-0.05, 0) is 31.0 Å². The third-order valence-electron chi connectivity index (χ3n) is 5.30. The minimum absolute atomic E-state index is 0.210. The summed E-state index contributed by atoms with van der Waals surface area (Å²) in [7, 11) is 0. The summed E-state index contributed by atoms with van der Waals surface area (Å²) in [5, 5.41) is 4.00. The van der Waals surface area contributed by atoms with Gasteiger partial charge in [-0.2, -0.15) is 0 Å². The number of benzene rings is 1. The Morgan fingerprint density at radius 2 is 2.04 bits per heavy atom. The Bertz CT molecular complexity index is 887. The first-order valence-corrected chi connectivity index (χ1v) is 10.5. The molecule has 0 bridgehead atoms. The molecule has 2 aliphatic heterocycles. The van der Waals surface area contributed by atoms with Gasteiger partial charge >= 0.3 is 0 Å². The lowest BCUT2D eigenvalue weighted by Crippen LogP contribution is -2.48. The van der Waals surface area contributed by atoms with Crippen molar-refractivity contribution in [2.24, 2.45) is 0 Å². The summed E-state index contributed by atoms with van der Waals surface area (Å²) in [4.78, 5) is 21.6. The van der Waals surface area contributed by atoms with Gasteiger partial charge in [0.05, 0.1) is 10.2 Å². The first-order chi connectivity index (χ1) is 13.6. The average molecular weight is 403 g/mol. The molecule has 0 atom stereocenters. The molecule has 2 aliphatic rings. The van der Waals surface area contributed by atoms with E-state index in [9.17, 15) is 4.79 Å². The van der Waals surface area contributed by atoms with Gasteiger partial charge in [0, 0.05) is 39.3 Å². The van der Waals surface area contributed by atoms with Crippen molar-refractivity contribution in [3.8, 4) is 0 Å². The normalized spacial score (nSPS) is 17.8. The molecule has 0 radical (unpaired) electrons. The fourth-order valence-electron chi connectivity index (χ4n) is 3.41. The predicted molar refractivity (Wildman–Crippen MR) is 111 cm³/mol. The summed E-state index contributed by atoms with van der Waals surface area (Å²) in [6, 6.07) is 4.35. The third kappa shape index (κ3) is 4.07. The molecule has 1 saturated heterocycles. The Morgan fingerprint density at radius 1 is 1.21 bits per heavy atom. The van der Waals surface area contributed by atoms with E-state index >= 15 is 0 Å². The molecule has 2 aromatic rings. The monoisotopic (exact) mass is 402 g/mol. The van der Waals surface area contributed by atoms with Gasteiger partial charge in [-0.15, -0.1) is 0 Å². The molecule has 1 amide bonds. The fourth-order valence-corrected chi connectivity index (χ4v) is 4.49. The van der Waals surface area contributed by atoms with Gasteiger partial charge in [-0.1, -0.05) is 17.4 Å². The number of ether oxygens (including phenoxy) is 2. The highest BCUT2D eigenvalue weighted by molar-refractivity contribution is 7.22. The van der Waals surface area contributed by atoms with Gasteiger partial charge in [0.2, 0.25) is 5.76 Å². The molecule has 0 unspecified atom stereocenters. The molecule has 1 aromatic carbocycles. The Labute approximate surface area is 168 Å². The highest BCUT2D eigenvalue weighted by Crippen LogP contribution is 2.32. The van der Waals surface area contributed by atoms with Crippen molar-refractivity contribution in [2.75, 3.05) is 57.4 Å². The molecular formula is C20H26N4O3S. The molecule has 0 aliphatic carbocycles. The van der Waals surface area contributed by atoms with Crippen LogP contribution in [0.1, 0.15) is 11.1 Å². The number of hydrogen-bond donors (Lipinski definition) is 1. The maximum absolute atomic E-state index is 12.0. The van der Waals surface area contributed by atoms with E-state index in [2.05, 4.69) is 41.1 Å². The molecule has 28 heavy (non-hydrogen) atoms. The van der Waals surface area contributed by atoms with Crippen molar-refractivity contribution in [2.45, 2.75) is 13.8 Å². The van der Waals surface area contributed by atoms with Crippen LogP contribution < -0.4 is 10.2 Å². The average Bonchev–Trinajstić information content (AvgIpc) is 3.17. The molecule has 1 aromatic heterocycles. The van der Waals surface area contributed by atoms with Crippen molar-refractivity contribution < 1.29 is 14.3 Å². The maximum Gasteiger partial charge on any atom is 0.289 e. The van der Waals surface area contributed by atoms with Crippen LogP contribution in [0.2, 0.25) is 0 Å². The number of nitrogens with zero attached hydrogens (tertiary/aromatic N) is 3. The van der Waals surface area contributed by atoms with Gasteiger partial charge < -0.3 is 19.7 Å². The van der Waals surface area contributed by atoms with E-state index in [1.54, 1.807) is 11.3 Å². The largest absolute Gasteiger partial charge is 0.494 e. The minimum atomic E-state index is -0.210.